The Labute approximate surface area is 151 Å². The van der Waals surface area contributed by atoms with E-state index in [9.17, 15) is 4.79 Å². The van der Waals surface area contributed by atoms with Gasteiger partial charge in [0.25, 0.3) is 0 Å². The van der Waals surface area contributed by atoms with Crippen molar-refractivity contribution in [3.8, 4) is 11.3 Å². The number of thioether (sulfide) groups is 1. The summed E-state index contributed by atoms with van der Waals surface area (Å²) in [6, 6.07) is 9.08. The Balaban J connectivity index is 1.42. The number of allylic oxidation sites excluding steroid dienone is 2. The highest BCUT2D eigenvalue weighted by Crippen LogP contribution is 2.49. The molecule has 4 nitrogen and oxygen atoms in total. The number of ketones is 1. The number of aromatic nitrogens is 2. The standard InChI is InChI=1S/C20H21N3OS/c1-13-10-17-19(11-18(13)24)25-20-21-16(12-23(17)20)14-4-6-15(7-5-14)22-8-2-3-9-22/h4-7,11-13,17H,2-3,8-10H2,1H3. The highest BCUT2D eigenvalue weighted by atomic mass is 32.2. The van der Waals surface area contributed by atoms with Gasteiger partial charge in [-0.1, -0.05) is 30.8 Å². The van der Waals surface area contributed by atoms with Crippen molar-refractivity contribution in [2.24, 2.45) is 5.92 Å². The molecule has 3 aliphatic rings. The zero-order valence-electron chi connectivity index (χ0n) is 14.3. The number of rotatable bonds is 2. The van der Waals surface area contributed by atoms with Gasteiger partial charge in [-0.05, 0) is 37.5 Å². The first-order valence-electron chi connectivity index (χ1n) is 9.06. The lowest BCUT2D eigenvalue weighted by molar-refractivity contribution is -0.118. The van der Waals surface area contributed by atoms with E-state index in [1.54, 1.807) is 11.8 Å². The Morgan fingerprint density at radius 2 is 1.92 bits per heavy atom. The predicted molar refractivity (Wildman–Crippen MR) is 101 cm³/mol. The first-order chi connectivity index (χ1) is 12.2. The molecule has 0 bridgehead atoms. The molecular weight excluding hydrogens is 330 g/mol. The summed E-state index contributed by atoms with van der Waals surface area (Å²) in [6.07, 6.45) is 7.45. The van der Waals surface area contributed by atoms with Gasteiger partial charge in [0.2, 0.25) is 0 Å². The first-order valence-corrected chi connectivity index (χ1v) is 9.88. The van der Waals surface area contributed by atoms with Crippen molar-refractivity contribution >= 4 is 23.2 Å². The molecular formula is C20H21N3OS. The summed E-state index contributed by atoms with van der Waals surface area (Å²) in [5.74, 6) is 0.355. The zero-order valence-corrected chi connectivity index (χ0v) is 15.1. The molecule has 2 aromatic rings. The highest BCUT2D eigenvalue weighted by Gasteiger charge is 2.36. The molecule has 0 saturated carbocycles. The molecule has 128 valence electrons. The molecule has 0 spiro atoms. The lowest BCUT2D eigenvalue weighted by Gasteiger charge is -2.22. The van der Waals surface area contributed by atoms with Crippen LogP contribution < -0.4 is 4.90 Å². The molecule has 0 radical (unpaired) electrons. The normalized spacial score (nSPS) is 25.1. The fraction of sp³-hybridized carbons (Fsp3) is 0.400. The molecule has 5 heteroatoms. The largest absolute Gasteiger partial charge is 0.372 e. The minimum absolute atomic E-state index is 0.103. The number of carbonyl (C=O) groups excluding carboxylic acids is 1. The van der Waals surface area contributed by atoms with Gasteiger partial charge in [-0.2, -0.15) is 0 Å². The van der Waals surface area contributed by atoms with Crippen molar-refractivity contribution in [3.05, 3.63) is 41.4 Å². The third kappa shape index (κ3) is 2.53. The third-order valence-corrected chi connectivity index (χ3v) is 6.66. The van der Waals surface area contributed by atoms with Crippen LogP contribution in [-0.2, 0) is 4.79 Å². The van der Waals surface area contributed by atoms with E-state index in [2.05, 4.69) is 39.9 Å². The van der Waals surface area contributed by atoms with Crippen LogP contribution in [0.2, 0.25) is 0 Å². The van der Waals surface area contributed by atoms with E-state index >= 15 is 0 Å². The van der Waals surface area contributed by atoms with Gasteiger partial charge in [0.05, 0.1) is 11.7 Å². The van der Waals surface area contributed by atoms with Crippen molar-refractivity contribution in [2.45, 2.75) is 37.4 Å². The van der Waals surface area contributed by atoms with Crippen LogP contribution >= 0.6 is 11.8 Å². The van der Waals surface area contributed by atoms with Crippen LogP contribution in [0.5, 0.6) is 0 Å². The second kappa shape index (κ2) is 5.77. The van der Waals surface area contributed by atoms with Gasteiger partial charge >= 0.3 is 0 Å². The molecule has 0 amide bonds. The minimum Gasteiger partial charge on any atom is -0.372 e. The number of hydrogen-bond donors (Lipinski definition) is 0. The summed E-state index contributed by atoms with van der Waals surface area (Å²) in [7, 11) is 0. The maximum absolute atomic E-state index is 11.9. The van der Waals surface area contributed by atoms with Crippen molar-refractivity contribution in [1.29, 1.82) is 0 Å². The van der Waals surface area contributed by atoms with Crippen molar-refractivity contribution < 1.29 is 4.79 Å². The van der Waals surface area contributed by atoms with E-state index in [1.165, 1.54) is 31.6 Å². The smallest absolute Gasteiger partial charge is 0.173 e. The van der Waals surface area contributed by atoms with Gasteiger partial charge < -0.3 is 9.47 Å². The third-order valence-electron chi connectivity index (χ3n) is 5.55. The minimum atomic E-state index is 0.103. The number of imidazole rings is 1. The van der Waals surface area contributed by atoms with E-state index < -0.39 is 0 Å². The molecule has 5 rings (SSSR count). The zero-order chi connectivity index (χ0) is 17.0. The van der Waals surface area contributed by atoms with Crippen molar-refractivity contribution in [1.82, 2.24) is 9.55 Å². The molecule has 25 heavy (non-hydrogen) atoms. The van der Waals surface area contributed by atoms with E-state index in [0.29, 0.717) is 0 Å². The Morgan fingerprint density at radius 3 is 2.68 bits per heavy atom. The maximum atomic E-state index is 11.9. The molecule has 1 aromatic carbocycles. The van der Waals surface area contributed by atoms with Crippen LogP contribution in [0.4, 0.5) is 5.69 Å². The predicted octanol–water partition coefficient (Wildman–Crippen LogP) is 4.29. The van der Waals surface area contributed by atoms with Crippen molar-refractivity contribution in [2.75, 3.05) is 18.0 Å². The van der Waals surface area contributed by atoms with Crippen LogP contribution in [-0.4, -0.2) is 28.4 Å². The van der Waals surface area contributed by atoms with E-state index in [-0.39, 0.29) is 17.7 Å². The Morgan fingerprint density at radius 1 is 1.16 bits per heavy atom. The Kier molecular flexibility index (Phi) is 3.52. The van der Waals surface area contributed by atoms with Gasteiger partial charge in [-0.25, -0.2) is 4.98 Å². The molecule has 1 fully saturated rings. The molecule has 0 N–H and O–H groups in total. The molecule has 1 saturated heterocycles. The van der Waals surface area contributed by atoms with Gasteiger partial charge in [0.1, 0.15) is 0 Å². The van der Waals surface area contributed by atoms with Gasteiger partial charge in [0, 0.05) is 41.4 Å². The number of carbonyl (C=O) groups is 1. The van der Waals surface area contributed by atoms with Crippen LogP contribution in [0.3, 0.4) is 0 Å². The average Bonchev–Trinajstić information content (AvgIpc) is 3.33. The van der Waals surface area contributed by atoms with Crippen LogP contribution in [0.1, 0.15) is 32.2 Å². The van der Waals surface area contributed by atoms with E-state index in [4.69, 9.17) is 4.98 Å². The SMILES string of the molecule is CC1CC2C(=CC1=O)Sc1nc(-c3ccc(N4CCCC4)cc3)cn12. The van der Waals surface area contributed by atoms with Gasteiger partial charge in [-0.15, -0.1) is 0 Å². The summed E-state index contributed by atoms with van der Waals surface area (Å²) in [6.45, 7) is 4.36. The van der Waals surface area contributed by atoms with Gasteiger partial charge in [-0.3, -0.25) is 4.79 Å². The molecule has 1 aliphatic carbocycles. The summed E-state index contributed by atoms with van der Waals surface area (Å²) in [5, 5.41) is 1.01. The first kappa shape index (κ1) is 15.3. The lowest BCUT2D eigenvalue weighted by atomic mass is 9.91. The van der Waals surface area contributed by atoms with E-state index in [1.807, 2.05) is 13.0 Å². The maximum Gasteiger partial charge on any atom is 0.173 e. The number of anilines is 1. The van der Waals surface area contributed by atoms with Gasteiger partial charge in [0.15, 0.2) is 10.9 Å². The van der Waals surface area contributed by atoms with E-state index in [0.717, 1.165) is 27.7 Å². The molecule has 2 atom stereocenters. The Hall–Kier alpha value is -2.01. The fourth-order valence-electron chi connectivity index (χ4n) is 4.03. The quantitative estimate of drug-likeness (QED) is 0.809. The summed E-state index contributed by atoms with van der Waals surface area (Å²) in [4.78, 5) is 20.3. The molecule has 1 aromatic heterocycles. The monoisotopic (exact) mass is 351 g/mol. The fourth-order valence-corrected chi connectivity index (χ4v) is 5.19. The lowest BCUT2D eigenvalue weighted by Crippen LogP contribution is -2.20. The topological polar surface area (TPSA) is 38.1 Å². The number of hydrogen-bond acceptors (Lipinski definition) is 4. The average molecular weight is 351 g/mol. The summed E-state index contributed by atoms with van der Waals surface area (Å²) in [5.41, 5.74) is 3.50. The Bertz CT molecular complexity index is 862. The van der Waals surface area contributed by atoms with Crippen LogP contribution in [0.15, 0.2) is 46.6 Å². The molecule has 2 unspecified atom stereocenters. The highest BCUT2D eigenvalue weighted by molar-refractivity contribution is 8.03. The van der Waals surface area contributed by atoms with Crippen LogP contribution in [0.25, 0.3) is 11.3 Å². The summed E-state index contributed by atoms with van der Waals surface area (Å²) < 4.78 is 2.25. The number of fused-ring (bicyclic) bond motifs is 3. The second-order valence-corrected chi connectivity index (χ2v) is 8.30. The molecule has 2 aliphatic heterocycles. The number of nitrogens with zero attached hydrogens (tertiary/aromatic N) is 3. The van der Waals surface area contributed by atoms with Crippen LogP contribution in [0, 0.1) is 5.92 Å². The molecule has 3 heterocycles. The van der Waals surface area contributed by atoms with Crippen molar-refractivity contribution in [3.63, 3.8) is 0 Å². The summed E-state index contributed by atoms with van der Waals surface area (Å²) >= 11 is 1.65. The second-order valence-electron chi connectivity index (χ2n) is 7.26. The number of benzene rings is 1.